The molecule has 2 aromatic heterocycles. The number of carbonyl (C=O) groups excluding carboxylic acids is 1. The lowest BCUT2D eigenvalue weighted by molar-refractivity contribution is -0.384. The van der Waals surface area contributed by atoms with E-state index in [-0.39, 0.29) is 33.2 Å². The quantitative estimate of drug-likeness (QED) is 0.265. The maximum atomic E-state index is 12.2. The number of aromatic nitrogens is 3. The van der Waals surface area contributed by atoms with Crippen molar-refractivity contribution < 1.29 is 18.9 Å². The van der Waals surface area contributed by atoms with Gasteiger partial charge in [-0.1, -0.05) is 23.2 Å². The lowest BCUT2D eigenvalue weighted by atomic mass is 10.2. The van der Waals surface area contributed by atoms with Gasteiger partial charge in [0.1, 0.15) is 5.15 Å². The second-order valence-corrected chi connectivity index (χ2v) is 6.06. The Hall–Kier alpha value is -3.04. The average molecular weight is 409 g/mol. The summed E-state index contributed by atoms with van der Waals surface area (Å²) in [6, 6.07) is 6.93. The number of nitro benzene ring substituents is 1. The Morgan fingerprint density at radius 3 is 2.59 bits per heavy atom. The summed E-state index contributed by atoms with van der Waals surface area (Å²) < 4.78 is 10.7. The van der Waals surface area contributed by atoms with E-state index in [2.05, 4.69) is 15.2 Å². The fraction of sp³-hybridized carbons (Fsp3) is 0.125. The molecule has 0 unspecified atom stereocenters. The Bertz CT molecular complexity index is 1010. The molecule has 0 aliphatic heterocycles. The van der Waals surface area contributed by atoms with E-state index < -0.39 is 17.0 Å². The summed E-state index contributed by atoms with van der Waals surface area (Å²) in [5.41, 5.74) is 0.550. The maximum Gasteiger partial charge on any atom is 0.340 e. The third-order valence-electron chi connectivity index (χ3n) is 3.43. The second kappa shape index (κ2) is 7.68. The average Bonchev–Trinajstić information content (AvgIpc) is 3.14. The van der Waals surface area contributed by atoms with Crippen LogP contribution in [0.3, 0.4) is 0 Å². The van der Waals surface area contributed by atoms with Gasteiger partial charge in [0.25, 0.3) is 11.6 Å². The van der Waals surface area contributed by atoms with Crippen LogP contribution < -0.4 is 0 Å². The van der Waals surface area contributed by atoms with Gasteiger partial charge in [-0.15, -0.1) is 10.2 Å². The Morgan fingerprint density at radius 1 is 1.26 bits per heavy atom. The standard InChI is InChI=1S/C16H10Cl2N4O5/c1-8(26-16(23)10-6-12(17)13(18)19-7-10)14-20-21-15(27-14)9-2-4-11(5-3-9)22(24)25/h2-8H,1H3/t8-/m1/s1. The minimum atomic E-state index is -0.841. The molecule has 0 saturated heterocycles. The van der Waals surface area contributed by atoms with Gasteiger partial charge in [-0.3, -0.25) is 10.1 Å². The summed E-state index contributed by atoms with van der Waals surface area (Å²) in [7, 11) is 0. The lowest BCUT2D eigenvalue weighted by Gasteiger charge is -2.09. The van der Waals surface area contributed by atoms with Crippen LogP contribution in [-0.2, 0) is 4.74 Å². The predicted octanol–water partition coefficient (Wildman–Crippen LogP) is 4.26. The molecule has 3 aromatic rings. The van der Waals surface area contributed by atoms with Gasteiger partial charge >= 0.3 is 5.97 Å². The Balaban J connectivity index is 1.72. The number of rotatable bonds is 5. The number of ether oxygens (including phenoxy) is 1. The molecule has 11 heteroatoms. The zero-order valence-corrected chi connectivity index (χ0v) is 15.1. The van der Waals surface area contributed by atoms with E-state index in [4.69, 9.17) is 32.4 Å². The monoisotopic (exact) mass is 408 g/mol. The molecule has 0 N–H and O–H groups in total. The van der Waals surface area contributed by atoms with Crippen LogP contribution in [0, 0.1) is 10.1 Å². The van der Waals surface area contributed by atoms with Crippen LogP contribution >= 0.6 is 23.2 Å². The number of non-ortho nitro benzene ring substituents is 1. The minimum absolute atomic E-state index is 0.0592. The number of benzene rings is 1. The van der Waals surface area contributed by atoms with E-state index in [1.54, 1.807) is 6.92 Å². The number of hydrogen-bond acceptors (Lipinski definition) is 8. The van der Waals surface area contributed by atoms with Crippen LogP contribution in [0.25, 0.3) is 11.5 Å². The van der Waals surface area contributed by atoms with Crippen molar-refractivity contribution in [3.8, 4) is 11.5 Å². The highest BCUT2D eigenvalue weighted by atomic mass is 35.5. The zero-order valence-electron chi connectivity index (χ0n) is 13.6. The van der Waals surface area contributed by atoms with Gasteiger partial charge in [0.15, 0.2) is 6.10 Å². The Kier molecular flexibility index (Phi) is 5.33. The van der Waals surface area contributed by atoms with Gasteiger partial charge in [-0.05, 0) is 25.1 Å². The molecule has 9 nitrogen and oxygen atoms in total. The fourth-order valence-electron chi connectivity index (χ4n) is 2.05. The molecule has 3 rings (SSSR count). The summed E-state index contributed by atoms with van der Waals surface area (Å²) in [5.74, 6) is -0.493. The van der Waals surface area contributed by atoms with E-state index in [9.17, 15) is 14.9 Å². The molecule has 0 aliphatic carbocycles. The number of carbonyl (C=O) groups is 1. The first kappa shape index (κ1) is 18.7. The van der Waals surface area contributed by atoms with E-state index >= 15 is 0 Å². The number of esters is 1. The number of pyridine rings is 1. The van der Waals surface area contributed by atoms with Crippen molar-refractivity contribution in [2.24, 2.45) is 0 Å². The van der Waals surface area contributed by atoms with Crippen molar-refractivity contribution in [3.05, 3.63) is 68.3 Å². The van der Waals surface area contributed by atoms with Gasteiger partial charge in [0.2, 0.25) is 5.89 Å². The normalized spacial score (nSPS) is 11.8. The highest BCUT2D eigenvalue weighted by Crippen LogP contribution is 2.25. The van der Waals surface area contributed by atoms with Crippen molar-refractivity contribution in [2.75, 3.05) is 0 Å². The van der Waals surface area contributed by atoms with Crippen LogP contribution in [0.1, 0.15) is 29.3 Å². The molecule has 0 amide bonds. The highest BCUT2D eigenvalue weighted by Gasteiger charge is 2.21. The van der Waals surface area contributed by atoms with Crippen molar-refractivity contribution in [1.29, 1.82) is 0 Å². The molecule has 0 radical (unpaired) electrons. The molecule has 0 bridgehead atoms. The van der Waals surface area contributed by atoms with Gasteiger partial charge < -0.3 is 9.15 Å². The molecule has 0 saturated carbocycles. The van der Waals surface area contributed by atoms with Crippen LogP contribution in [0.15, 0.2) is 40.9 Å². The number of halogens is 2. The van der Waals surface area contributed by atoms with Crippen LogP contribution in [-0.4, -0.2) is 26.1 Å². The van der Waals surface area contributed by atoms with Gasteiger partial charge in [-0.2, -0.15) is 0 Å². The molecular weight excluding hydrogens is 399 g/mol. The largest absolute Gasteiger partial charge is 0.449 e. The van der Waals surface area contributed by atoms with E-state index in [0.717, 1.165) is 0 Å². The predicted molar refractivity (Wildman–Crippen MR) is 94.5 cm³/mol. The summed E-state index contributed by atoms with van der Waals surface area (Å²) in [4.78, 5) is 26.1. The molecule has 138 valence electrons. The number of hydrogen-bond donors (Lipinski definition) is 0. The first-order valence-electron chi connectivity index (χ1n) is 7.45. The lowest BCUT2D eigenvalue weighted by Crippen LogP contribution is -2.10. The molecule has 2 heterocycles. The zero-order chi connectivity index (χ0) is 19.6. The molecular formula is C16H10Cl2N4O5. The second-order valence-electron chi connectivity index (χ2n) is 5.29. The van der Waals surface area contributed by atoms with Crippen molar-refractivity contribution in [3.63, 3.8) is 0 Å². The molecule has 1 atom stereocenters. The van der Waals surface area contributed by atoms with Crippen molar-refractivity contribution in [2.45, 2.75) is 13.0 Å². The summed E-state index contributed by atoms with van der Waals surface area (Å²) in [6.45, 7) is 1.55. The smallest absolute Gasteiger partial charge is 0.340 e. The topological polar surface area (TPSA) is 121 Å². The third-order valence-corrected chi connectivity index (χ3v) is 4.12. The number of nitro groups is 1. The minimum Gasteiger partial charge on any atom is -0.449 e. The van der Waals surface area contributed by atoms with Gasteiger partial charge in [0, 0.05) is 23.9 Å². The fourth-order valence-corrected chi connectivity index (χ4v) is 2.32. The molecule has 1 aromatic carbocycles. The summed E-state index contributed by atoms with van der Waals surface area (Å²) in [5, 5.41) is 18.6. The SMILES string of the molecule is C[C@@H](OC(=O)c1cnc(Cl)c(Cl)c1)c1nnc(-c2ccc([N+](=O)[O-])cc2)o1. The number of nitrogens with zero attached hydrogens (tertiary/aromatic N) is 4. The first-order chi connectivity index (χ1) is 12.8. The van der Waals surface area contributed by atoms with Crippen molar-refractivity contribution in [1.82, 2.24) is 15.2 Å². The van der Waals surface area contributed by atoms with E-state index in [0.29, 0.717) is 5.56 Å². The highest BCUT2D eigenvalue weighted by molar-refractivity contribution is 6.41. The summed E-state index contributed by atoms with van der Waals surface area (Å²) >= 11 is 11.5. The third kappa shape index (κ3) is 4.21. The van der Waals surface area contributed by atoms with Crippen LogP contribution in [0.5, 0.6) is 0 Å². The summed E-state index contributed by atoms with van der Waals surface area (Å²) in [6.07, 6.45) is 0.394. The Labute approximate surface area is 162 Å². The molecule has 27 heavy (non-hydrogen) atoms. The first-order valence-corrected chi connectivity index (χ1v) is 8.21. The molecule has 0 fully saturated rings. The van der Waals surface area contributed by atoms with Crippen LogP contribution in [0.4, 0.5) is 5.69 Å². The van der Waals surface area contributed by atoms with Gasteiger partial charge in [0.05, 0.1) is 15.5 Å². The molecule has 0 aliphatic rings. The van der Waals surface area contributed by atoms with E-state index in [1.807, 2.05) is 0 Å². The van der Waals surface area contributed by atoms with Gasteiger partial charge in [-0.25, -0.2) is 9.78 Å². The molecule has 0 spiro atoms. The van der Waals surface area contributed by atoms with E-state index in [1.165, 1.54) is 36.5 Å². The maximum absolute atomic E-state index is 12.2. The Morgan fingerprint density at radius 2 is 1.96 bits per heavy atom. The van der Waals surface area contributed by atoms with Crippen molar-refractivity contribution >= 4 is 34.9 Å². The van der Waals surface area contributed by atoms with Crippen LogP contribution in [0.2, 0.25) is 10.2 Å².